The summed E-state index contributed by atoms with van der Waals surface area (Å²) in [6.45, 7) is 6.87. The summed E-state index contributed by atoms with van der Waals surface area (Å²) in [6.07, 6.45) is 79.4. The molecule has 0 bridgehead atoms. The lowest BCUT2D eigenvalue weighted by Gasteiger charge is -2.30. The smallest absolute Gasteiger partial charge is 0.306 e. The van der Waals surface area contributed by atoms with Crippen LogP contribution in [0, 0.1) is 0 Å². The first-order chi connectivity index (χ1) is 40.4. The van der Waals surface area contributed by atoms with Crippen molar-refractivity contribution in [1.82, 2.24) is 5.32 Å². The molecule has 1 amide bonds. The third-order valence-corrected chi connectivity index (χ3v) is 17.2. The van der Waals surface area contributed by atoms with Crippen molar-refractivity contribution in [1.29, 1.82) is 0 Å². The Morgan fingerprint density at radius 2 is 0.735 bits per heavy atom. The molecule has 9 nitrogen and oxygen atoms in total. The van der Waals surface area contributed by atoms with Gasteiger partial charge in [-0.25, -0.2) is 0 Å². The van der Waals surface area contributed by atoms with Crippen molar-refractivity contribution in [2.75, 3.05) is 40.9 Å². The zero-order valence-corrected chi connectivity index (χ0v) is 56.8. The summed E-state index contributed by atoms with van der Waals surface area (Å²) in [7, 11) is 1.20. The lowest BCUT2D eigenvalue weighted by atomic mass is 10.0. The Morgan fingerprint density at radius 1 is 0.422 bits per heavy atom. The van der Waals surface area contributed by atoms with E-state index in [-0.39, 0.29) is 31.5 Å². The second kappa shape index (κ2) is 63.0. The van der Waals surface area contributed by atoms with Crippen LogP contribution < -0.4 is 10.2 Å². The normalized spacial score (nSPS) is 13.8. The molecule has 0 spiro atoms. The number of phosphoric ester groups is 1. The van der Waals surface area contributed by atoms with E-state index in [1.54, 1.807) is 0 Å². The summed E-state index contributed by atoms with van der Waals surface area (Å²) in [6, 6.07) is -0.889. The van der Waals surface area contributed by atoms with E-state index in [0.29, 0.717) is 17.4 Å². The van der Waals surface area contributed by atoms with Crippen molar-refractivity contribution in [3.8, 4) is 0 Å². The number of esters is 1. The van der Waals surface area contributed by atoms with E-state index < -0.39 is 20.0 Å². The quantitative estimate of drug-likeness (QED) is 0.0212. The molecule has 1 N–H and O–H groups in total. The molecule has 0 aliphatic rings. The van der Waals surface area contributed by atoms with Gasteiger partial charge in [0.25, 0.3) is 7.82 Å². The van der Waals surface area contributed by atoms with E-state index >= 15 is 0 Å². The zero-order valence-electron chi connectivity index (χ0n) is 55.9. The molecule has 0 aromatic heterocycles. The average molecular weight is 1190 g/mol. The van der Waals surface area contributed by atoms with E-state index in [1.165, 1.54) is 257 Å². The molecule has 0 saturated carbocycles. The van der Waals surface area contributed by atoms with Gasteiger partial charge in [0.1, 0.15) is 19.3 Å². The predicted octanol–water partition coefficient (Wildman–Crippen LogP) is 22.2. The molecule has 3 atom stereocenters. The van der Waals surface area contributed by atoms with Crippen molar-refractivity contribution in [3.63, 3.8) is 0 Å². The fourth-order valence-corrected chi connectivity index (χ4v) is 11.4. The molecule has 10 heteroatoms. The lowest BCUT2D eigenvalue weighted by molar-refractivity contribution is -0.870. The molecular weight excluding hydrogens is 1050 g/mol. The van der Waals surface area contributed by atoms with Crippen LogP contribution in [0.3, 0.4) is 0 Å². The molecule has 0 saturated heterocycles. The van der Waals surface area contributed by atoms with Gasteiger partial charge in [0.05, 0.1) is 33.8 Å². The van der Waals surface area contributed by atoms with Gasteiger partial charge in [0.2, 0.25) is 5.91 Å². The first-order valence-corrected chi connectivity index (χ1v) is 37.4. The number of unbranched alkanes of at least 4 members (excludes halogenated alkanes) is 44. The average Bonchev–Trinajstić information content (AvgIpc) is 3.46. The van der Waals surface area contributed by atoms with Crippen molar-refractivity contribution in [3.05, 3.63) is 48.6 Å². The molecule has 488 valence electrons. The third-order valence-electron chi connectivity index (χ3n) is 16.2. The Labute approximate surface area is 516 Å². The van der Waals surface area contributed by atoms with Gasteiger partial charge in [-0.3, -0.25) is 14.2 Å². The highest BCUT2D eigenvalue weighted by Crippen LogP contribution is 2.38. The molecule has 0 rings (SSSR count). The monoisotopic (exact) mass is 1190 g/mol. The number of carbonyl (C=O) groups excluding carboxylic acids is 2. The van der Waals surface area contributed by atoms with Gasteiger partial charge < -0.3 is 28.5 Å². The third kappa shape index (κ3) is 64.3. The Morgan fingerprint density at radius 3 is 1.12 bits per heavy atom. The summed E-state index contributed by atoms with van der Waals surface area (Å²) in [5.74, 6) is -0.529. The van der Waals surface area contributed by atoms with Gasteiger partial charge in [-0.05, 0) is 89.5 Å². The van der Waals surface area contributed by atoms with Crippen LogP contribution in [0.4, 0.5) is 0 Å². The number of ether oxygens (including phenoxy) is 1. The molecule has 0 heterocycles. The number of hydrogen-bond acceptors (Lipinski definition) is 7. The number of allylic oxidation sites excluding steroid dienone is 7. The fraction of sp³-hybridized carbons (Fsp3) is 0.863. The largest absolute Gasteiger partial charge is 0.756 e. The minimum atomic E-state index is -4.70. The van der Waals surface area contributed by atoms with Crippen LogP contribution in [0.15, 0.2) is 48.6 Å². The van der Waals surface area contributed by atoms with Crippen LogP contribution in [0.1, 0.15) is 355 Å². The molecule has 0 aliphatic heterocycles. The molecule has 83 heavy (non-hydrogen) atoms. The Hall–Kier alpha value is -2.03. The highest BCUT2D eigenvalue weighted by atomic mass is 31.2. The van der Waals surface area contributed by atoms with Crippen LogP contribution >= 0.6 is 7.82 Å². The van der Waals surface area contributed by atoms with Gasteiger partial charge >= 0.3 is 5.97 Å². The maximum Gasteiger partial charge on any atom is 0.306 e. The van der Waals surface area contributed by atoms with E-state index in [1.807, 2.05) is 33.3 Å². The first-order valence-electron chi connectivity index (χ1n) is 35.9. The topological polar surface area (TPSA) is 114 Å². The van der Waals surface area contributed by atoms with Crippen LogP contribution in [-0.4, -0.2) is 69.4 Å². The van der Waals surface area contributed by atoms with Gasteiger partial charge in [-0.1, -0.05) is 301 Å². The van der Waals surface area contributed by atoms with Crippen molar-refractivity contribution < 1.29 is 37.3 Å². The standard InChI is InChI=1S/C73H139N2O7P/c1-7-10-13-16-19-22-25-28-30-32-34-35-36-37-38-39-41-42-44-47-50-53-56-59-62-65-72(76)74-70(69-81-83(78,79)80-68-67-75(4,5)6)71(64-61-58-55-52-49-46-27-24-21-18-15-12-9-3)82-73(77)66-63-60-57-54-51-48-45-43-40-33-31-29-26-23-20-17-14-11-8-2/h20,23,28-31,61,64,70-71H,7-19,21-22,24-27,32-60,62-63,65-69H2,1-6H3,(H-,74,76,78,79)/b23-20-,30-28+,31-29-,64-61-. The maximum absolute atomic E-state index is 13.6. The second-order valence-electron chi connectivity index (χ2n) is 25.7. The van der Waals surface area contributed by atoms with Crippen molar-refractivity contribution in [2.24, 2.45) is 0 Å². The summed E-state index contributed by atoms with van der Waals surface area (Å²) in [5.41, 5.74) is 0. The van der Waals surface area contributed by atoms with Crippen molar-refractivity contribution in [2.45, 2.75) is 367 Å². The number of rotatable bonds is 66. The number of likely N-dealkylation sites (N-methyl/N-ethyl adjacent to an activating group) is 1. The predicted molar refractivity (Wildman–Crippen MR) is 358 cm³/mol. The summed E-state index contributed by atoms with van der Waals surface area (Å²) < 4.78 is 30.5. The van der Waals surface area contributed by atoms with E-state index in [0.717, 1.165) is 64.2 Å². The highest BCUT2D eigenvalue weighted by molar-refractivity contribution is 7.45. The molecule has 0 fully saturated rings. The molecule has 0 aromatic rings. The number of carbonyl (C=O) groups is 2. The van der Waals surface area contributed by atoms with Crippen LogP contribution in [-0.2, 0) is 27.9 Å². The molecule has 0 aromatic carbocycles. The number of phosphoric acid groups is 1. The highest BCUT2D eigenvalue weighted by Gasteiger charge is 2.27. The van der Waals surface area contributed by atoms with Crippen LogP contribution in [0.25, 0.3) is 0 Å². The van der Waals surface area contributed by atoms with Gasteiger partial charge in [0, 0.05) is 12.8 Å². The second-order valence-corrected chi connectivity index (χ2v) is 27.1. The van der Waals surface area contributed by atoms with E-state index in [4.69, 9.17) is 13.8 Å². The van der Waals surface area contributed by atoms with E-state index in [2.05, 4.69) is 62.5 Å². The number of quaternary nitrogens is 1. The number of nitrogens with zero attached hydrogens (tertiary/aromatic N) is 1. The lowest BCUT2D eigenvalue weighted by Crippen LogP contribution is -2.47. The number of amides is 1. The van der Waals surface area contributed by atoms with Crippen LogP contribution in [0.2, 0.25) is 0 Å². The Balaban J connectivity index is 5.06. The summed E-state index contributed by atoms with van der Waals surface area (Å²) in [4.78, 5) is 40.2. The fourth-order valence-electron chi connectivity index (χ4n) is 10.7. The number of hydrogen-bond donors (Lipinski definition) is 1. The minimum Gasteiger partial charge on any atom is -0.756 e. The SMILES string of the molecule is CCCCC/C=C\C/C=C\CCCCCCCCCCCC(=O)OC(/C=C\CCCCCCCCCCCCC)C(COP(=O)([O-])OCC[N+](C)(C)C)NC(=O)CCCCCCCCCCCCCCCCC/C=C/CCCCCCCC. The maximum atomic E-state index is 13.6. The van der Waals surface area contributed by atoms with Crippen LogP contribution in [0.5, 0.6) is 0 Å². The molecule has 0 aliphatic carbocycles. The number of nitrogens with one attached hydrogen (secondary N) is 1. The van der Waals surface area contributed by atoms with Crippen molar-refractivity contribution >= 4 is 19.7 Å². The Kier molecular flexibility index (Phi) is 61.5. The van der Waals surface area contributed by atoms with Gasteiger partial charge in [-0.15, -0.1) is 0 Å². The van der Waals surface area contributed by atoms with Gasteiger partial charge in [-0.2, -0.15) is 0 Å². The molecule has 0 radical (unpaired) electrons. The van der Waals surface area contributed by atoms with E-state index in [9.17, 15) is 19.0 Å². The minimum absolute atomic E-state index is 0.0215. The molecular formula is C73H139N2O7P. The summed E-state index contributed by atoms with van der Waals surface area (Å²) in [5, 5.41) is 3.05. The first kappa shape index (κ1) is 81.0. The molecule has 3 unspecified atom stereocenters. The van der Waals surface area contributed by atoms with Gasteiger partial charge in [0.15, 0.2) is 0 Å². The Bertz CT molecular complexity index is 1560. The zero-order chi connectivity index (χ0) is 60.7. The summed E-state index contributed by atoms with van der Waals surface area (Å²) >= 11 is 0.